The smallest absolute Gasteiger partial charge is 0.404 e. The third kappa shape index (κ3) is 6.26. The Morgan fingerprint density at radius 2 is 1.81 bits per heavy atom. The highest BCUT2D eigenvalue weighted by atomic mass is 32.2. The van der Waals surface area contributed by atoms with E-state index in [4.69, 9.17) is 0 Å². The Labute approximate surface area is 154 Å². The third-order valence-electron chi connectivity index (χ3n) is 3.41. The molecular weight excluding hydrogens is 385 g/mol. The van der Waals surface area contributed by atoms with E-state index in [1.54, 1.807) is 18.2 Å². The Bertz CT molecular complexity index is 914. The summed E-state index contributed by atoms with van der Waals surface area (Å²) < 4.78 is 67.5. The summed E-state index contributed by atoms with van der Waals surface area (Å²) in [4.78, 5) is 11.2. The zero-order valence-electron chi connectivity index (χ0n) is 14.2. The molecule has 0 saturated carbocycles. The molecule has 0 aromatic heterocycles. The van der Waals surface area contributed by atoms with Gasteiger partial charge in [0.1, 0.15) is 10.6 Å². The van der Waals surface area contributed by atoms with Gasteiger partial charge in [0.05, 0.1) is 6.54 Å². The van der Waals surface area contributed by atoms with Crippen LogP contribution in [0.2, 0.25) is 0 Å². The van der Waals surface area contributed by atoms with Crippen LogP contribution in [0.1, 0.15) is 12.5 Å². The van der Waals surface area contributed by atoms with Crippen LogP contribution in [0.5, 0.6) is 5.75 Å². The molecule has 6 nitrogen and oxygen atoms in total. The van der Waals surface area contributed by atoms with Crippen LogP contribution >= 0.6 is 0 Å². The van der Waals surface area contributed by atoms with Gasteiger partial charge in [-0.15, -0.1) is 13.2 Å². The molecule has 146 valence electrons. The summed E-state index contributed by atoms with van der Waals surface area (Å²) in [6, 6.07) is 11.3. The second kappa shape index (κ2) is 8.40. The van der Waals surface area contributed by atoms with E-state index in [1.807, 2.05) is 17.7 Å². The van der Waals surface area contributed by atoms with Crippen molar-refractivity contribution in [3.63, 3.8) is 0 Å². The fourth-order valence-corrected chi connectivity index (χ4v) is 3.30. The molecule has 1 amide bonds. The van der Waals surface area contributed by atoms with E-state index in [0.29, 0.717) is 5.69 Å². The van der Waals surface area contributed by atoms with Crippen molar-refractivity contribution in [2.45, 2.75) is 24.6 Å². The van der Waals surface area contributed by atoms with Gasteiger partial charge in [-0.3, -0.25) is 4.79 Å². The summed E-state index contributed by atoms with van der Waals surface area (Å²) in [6.07, 6.45) is -4.29. The summed E-state index contributed by atoms with van der Waals surface area (Å²) in [6.45, 7) is 1.29. The lowest BCUT2D eigenvalue weighted by Gasteiger charge is -2.14. The van der Waals surface area contributed by atoms with Gasteiger partial charge in [0, 0.05) is 5.69 Å². The van der Waals surface area contributed by atoms with Crippen LogP contribution in [0.15, 0.2) is 53.4 Å². The lowest BCUT2D eigenvalue weighted by Crippen LogP contribution is -2.33. The van der Waals surface area contributed by atoms with Crippen LogP contribution in [0.3, 0.4) is 0 Å². The maximum atomic E-state index is 12.4. The lowest BCUT2D eigenvalue weighted by molar-refractivity contribution is -0.275. The minimum atomic E-state index is -5.05. The number of alkyl halides is 3. The molecule has 0 unspecified atom stereocenters. The maximum absolute atomic E-state index is 12.4. The van der Waals surface area contributed by atoms with Gasteiger partial charge in [0.2, 0.25) is 15.9 Å². The SMILES string of the molecule is CCc1cccc(NC(=O)CNS(=O)(=O)c2ccccc2OC(F)(F)F)c1. The molecule has 27 heavy (non-hydrogen) atoms. The minimum absolute atomic E-state index is 0.486. The molecule has 2 N–H and O–H groups in total. The van der Waals surface area contributed by atoms with E-state index in [9.17, 15) is 26.4 Å². The molecule has 10 heteroatoms. The normalized spacial score (nSPS) is 11.9. The van der Waals surface area contributed by atoms with Gasteiger partial charge in [-0.2, -0.15) is 0 Å². The summed E-state index contributed by atoms with van der Waals surface area (Å²) in [5.74, 6) is -1.55. The number of halogens is 3. The van der Waals surface area contributed by atoms with E-state index in [-0.39, 0.29) is 0 Å². The first-order valence-corrected chi connectivity index (χ1v) is 9.32. The second-order valence-corrected chi connectivity index (χ2v) is 7.16. The molecule has 0 aliphatic rings. The van der Waals surface area contributed by atoms with Crippen molar-refractivity contribution >= 4 is 21.6 Å². The molecule has 0 aliphatic heterocycles. The highest BCUT2D eigenvalue weighted by Gasteiger charge is 2.34. The summed E-state index contributed by atoms with van der Waals surface area (Å²) in [7, 11) is -4.40. The number of benzene rings is 2. The average Bonchev–Trinajstić information content (AvgIpc) is 2.59. The standard InChI is InChI=1S/C17H17F3N2O4S/c1-2-12-6-5-7-13(10-12)22-16(23)11-21-27(24,25)15-9-4-3-8-14(15)26-17(18,19)20/h3-10,21H,2,11H2,1H3,(H,22,23). The first kappa shape index (κ1) is 20.7. The number of hydrogen-bond donors (Lipinski definition) is 2. The number of hydrogen-bond acceptors (Lipinski definition) is 4. The van der Waals surface area contributed by atoms with Gasteiger partial charge in [-0.1, -0.05) is 31.2 Å². The molecule has 0 aliphatic carbocycles. The van der Waals surface area contributed by atoms with Crippen molar-refractivity contribution in [2.75, 3.05) is 11.9 Å². The lowest BCUT2D eigenvalue weighted by atomic mass is 10.1. The van der Waals surface area contributed by atoms with Crippen molar-refractivity contribution in [3.05, 3.63) is 54.1 Å². The summed E-state index contributed by atoms with van der Waals surface area (Å²) in [5.41, 5.74) is 1.46. The average molecular weight is 402 g/mol. The molecule has 2 aromatic carbocycles. The molecule has 0 heterocycles. The molecule has 0 atom stereocenters. The Hall–Kier alpha value is -2.59. The molecule has 2 aromatic rings. The van der Waals surface area contributed by atoms with E-state index < -0.39 is 39.5 Å². The number of sulfonamides is 1. The number of carbonyl (C=O) groups is 1. The zero-order chi connectivity index (χ0) is 20.1. The van der Waals surface area contributed by atoms with Crippen LogP contribution in [0, 0.1) is 0 Å². The first-order chi connectivity index (χ1) is 12.6. The van der Waals surface area contributed by atoms with E-state index in [2.05, 4.69) is 10.1 Å². The predicted molar refractivity (Wildman–Crippen MR) is 92.8 cm³/mol. The van der Waals surface area contributed by atoms with Gasteiger partial charge in [-0.05, 0) is 36.2 Å². The van der Waals surface area contributed by atoms with Gasteiger partial charge >= 0.3 is 6.36 Å². The molecule has 0 bridgehead atoms. The molecule has 0 saturated heterocycles. The van der Waals surface area contributed by atoms with Crippen LogP contribution in [0.4, 0.5) is 18.9 Å². The largest absolute Gasteiger partial charge is 0.573 e. The molecule has 0 radical (unpaired) electrons. The maximum Gasteiger partial charge on any atom is 0.573 e. The van der Waals surface area contributed by atoms with Crippen molar-refractivity contribution in [2.24, 2.45) is 0 Å². The highest BCUT2D eigenvalue weighted by Crippen LogP contribution is 2.29. The minimum Gasteiger partial charge on any atom is -0.404 e. The Morgan fingerprint density at radius 3 is 2.48 bits per heavy atom. The van der Waals surface area contributed by atoms with Crippen LogP contribution < -0.4 is 14.8 Å². The number of rotatable bonds is 7. The quantitative estimate of drug-likeness (QED) is 0.746. The molecule has 0 fully saturated rings. The third-order valence-corrected chi connectivity index (χ3v) is 4.85. The number of carbonyl (C=O) groups excluding carboxylic acids is 1. The topological polar surface area (TPSA) is 84.5 Å². The Balaban J connectivity index is 2.07. The van der Waals surface area contributed by atoms with Gasteiger partial charge in [-0.25, -0.2) is 13.1 Å². The van der Waals surface area contributed by atoms with Crippen molar-refractivity contribution in [1.29, 1.82) is 0 Å². The molecular formula is C17H17F3N2O4S. The van der Waals surface area contributed by atoms with Crippen molar-refractivity contribution < 1.29 is 31.1 Å². The predicted octanol–water partition coefficient (Wildman–Crippen LogP) is 3.06. The number of nitrogens with one attached hydrogen (secondary N) is 2. The summed E-state index contributed by atoms with van der Waals surface area (Å²) in [5, 5.41) is 2.52. The Morgan fingerprint density at radius 1 is 1.11 bits per heavy atom. The van der Waals surface area contributed by atoms with E-state index in [1.165, 1.54) is 12.1 Å². The number of anilines is 1. The summed E-state index contributed by atoms with van der Waals surface area (Å²) >= 11 is 0. The van der Waals surface area contributed by atoms with Crippen molar-refractivity contribution in [3.8, 4) is 5.75 Å². The van der Waals surface area contributed by atoms with Crippen LogP contribution in [-0.4, -0.2) is 27.2 Å². The zero-order valence-corrected chi connectivity index (χ0v) is 15.0. The monoisotopic (exact) mass is 402 g/mol. The molecule has 2 rings (SSSR count). The van der Waals surface area contributed by atoms with E-state index >= 15 is 0 Å². The van der Waals surface area contributed by atoms with E-state index in [0.717, 1.165) is 24.1 Å². The number of aryl methyl sites for hydroxylation is 1. The van der Waals surface area contributed by atoms with Crippen LogP contribution in [-0.2, 0) is 21.2 Å². The van der Waals surface area contributed by atoms with Gasteiger partial charge in [0.15, 0.2) is 0 Å². The highest BCUT2D eigenvalue weighted by molar-refractivity contribution is 7.89. The van der Waals surface area contributed by atoms with Crippen molar-refractivity contribution in [1.82, 2.24) is 4.72 Å². The van der Waals surface area contributed by atoms with Crippen LogP contribution in [0.25, 0.3) is 0 Å². The Kier molecular flexibility index (Phi) is 6.45. The van der Waals surface area contributed by atoms with Gasteiger partial charge < -0.3 is 10.1 Å². The fraction of sp³-hybridized carbons (Fsp3) is 0.235. The first-order valence-electron chi connectivity index (χ1n) is 7.84. The fourth-order valence-electron chi connectivity index (χ4n) is 2.19. The number of ether oxygens (including phenoxy) is 1. The number of para-hydroxylation sites is 1. The molecule has 0 spiro atoms. The number of amides is 1. The van der Waals surface area contributed by atoms with Gasteiger partial charge in [0.25, 0.3) is 0 Å². The second-order valence-electron chi connectivity index (χ2n) is 5.42.